The summed E-state index contributed by atoms with van der Waals surface area (Å²) in [4.78, 5) is 24.5. The van der Waals surface area contributed by atoms with Gasteiger partial charge < -0.3 is 9.47 Å². The summed E-state index contributed by atoms with van der Waals surface area (Å²) in [6.45, 7) is 12.4. The van der Waals surface area contributed by atoms with E-state index in [1.165, 1.54) is 0 Å². The van der Waals surface area contributed by atoms with Gasteiger partial charge in [-0.15, -0.1) is 0 Å². The number of nitrogens with zero attached hydrogens (tertiary/aromatic N) is 1. The summed E-state index contributed by atoms with van der Waals surface area (Å²) in [6.07, 6.45) is 0.417. The number of hydrogen-bond acceptors (Lipinski definition) is 5. The lowest BCUT2D eigenvalue weighted by atomic mass is 9.72. The standard InChI is InChI=1S/C19H29NO4/c1-18(2,3)9-13(19(4,5)6)17(22)24-15-11-7-12(10-20)16(15)23-14(21)8-11/h11-13,15-16H,7-9H2,1-6H3. The van der Waals surface area contributed by atoms with E-state index in [1.807, 2.05) is 20.8 Å². The SMILES string of the molecule is CC(C)(C)CC(C(=O)OC1C2CC(=O)OC1C(C#N)C2)C(C)(C)C. The summed E-state index contributed by atoms with van der Waals surface area (Å²) >= 11 is 0. The number of esters is 2. The fraction of sp³-hybridized carbons (Fsp3) is 0.842. The molecule has 1 aliphatic carbocycles. The maximum atomic E-state index is 12.9. The monoisotopic (exact) mass is 335 g/mol. The number of nitriles is 1. The Bertz CT molecular complexity index is 549. The van der Waals surface area contributed by atoms with Crippen molar-refractivity contribution < 1.29 is 19.1 Å². The first kappa shape index (κ1) is 18.8. The van der Waals surface area contributed by atoms with Crippen LogP contribution >= 0.6 is 0 Å². The molecule has 5 heteroatoms. The number of hydrogen-bond donors (Lipinski definition) is 0. The van der Waals surface area contributed by atoms with Crippen LogP contribution in [0.5, 0.6) is 0 Å². The van der Waals surface area contributed by atoms with Gasteiger partial charge in [0, 0.05) is 5.92 Å². The van der Waals surface area contributed by atoms with Gasteiger partial charge in [0.15, 0.2) is 6.10 Å². The zero-order chi connectivity index (χ0) is 18.3. The molecule has 5 atom stereocenters. The van der Waals surface area contributed by atoms with Crippen LogP contribution in [0.2, 0.25) is 0 Å². The molecule has 5 unspecified atom stereocenters. The van der Waals surface area contributed by atoms with Crippen molar-refractivity contribution in [3.63, 3.8) is 0 Å². The molecule has 1 saturated carbocycles. The molecule has 0 aromatic heterocycles. The number of carbonyl (C=O) groups is 2. The minimum absolute atomic E-state index is 0.00414. The van der Waals surface area contributed by atoms with Crippen molar-refractivity contribution in [1.29, 1.82) is 5.26 Å². The zero-order valence-electron chi connectivity index (χ0n) is 15.6. The van der Waals surface area contributed by atoms with E-state index in [2.05, 4.69) is 26.8 Å². The van der Waals surface area contributed by atoms with Crippen LogP contribution in [-0.4, -0.2) is 24.1 Å². The number of rotatable bonds is 3. The van der Waals surface area contributed by atoms with E-state index >= 15 is 0 Å². The van der Waals surface area contributed by atoms with Gasteiger partial charge in [-0.1, -0.05) is 41.5 Å². The molecular formula is C19H29NO4. The van der Waals surface area contributed by atoms with Crippen molar-refractivity contribution in [2.75, 3.05) is 0 Å². The van der Waals surface area contributed by atoms with Crippen LogP contribution in [0, 0.1) is 39.9 Å². The fourth-order valence-corrected chi connectivity index (χ4v) is 3.72. The summed E-state index contributed by atoms with van der Waals surface area (Å²) < 4.78 is 11.1. The minimum atomic E-state index is -0.611. The van der Waals surface area contributed by atoms with Gasteiger partial charge in [-0.25, -0.2) is 0 Å². The van der Waals surface area contributed by atoms with Gasteiger partial charge in [0.2, 0.25) is 0 Å². The second-order valence-electron chi connectivity index (χ2n) is 9.47. The molecule has 2 fully saturated rings. The van der Waals surface area contributed by atoms with Crippen molar-refractivity contribution in [2.45, 2.75) is 73.0 Å². The summed E-state index contributed by atoms with van der Waals surface area (Å²) in [5.41, 5.74) is -0.215. The molecule has 24 heavy (non-hydrogen) atoms. The Morgan fingerprint density at radius 3 is 2.46 bits per heavy atom. The molecule has 1 aliphatic heterocycles. The second-order valence-corrected chi connectivity index (χ2v) is 9.47. The predicted octanol–water partition coefficient (Wildman–Crippen LogP) is 3.47. The maximum absolute atomic E-state index is 12.9. The van der Waals surface area contributed by atoms with Crippen molar-refractivity contribution >= 4 is 11.9 Å². The highest BCUT2D eigenvalue weighted by atomic mass is 16.6. The Morgan fingerprint density at radius 1 is 1.33 bits per heavy atom. The topological polar surface area (TPSA) is 76.4 Å². The lowest BCUT2D eigenvalue weighted by molar-refractivity contribution is -0.184. The largest absolute Gasteiger partial charge is 0.458 e. The first-order valence-electron chi connectivity index (χ1n) is 8.72. The van der Waals surface area contributed by atoms with Crippen LogP contribution in [0.1, 0.15) is 60.8 Å². The first-order chi connectivity index (χ1) is 10.9. The van der Waals surface area contributed by atoms with Crippen LogP contribution in [0.25, 0.3) is 0 Å². The quantitative estimate of drug-likeness (QED) is 0.738. The average Bonchev–Trinajstić information content (AvgIpc) is 2.62. The third kappa shape index (κ3) is 4.09. The lowest BCUT2D eigenvalue weighted by Crippen LogP contribution is -2.44. The number of carbonyl (C=O) groups excluding carboxylic acids is 2. The molecule has 5 nitrogen and oxygen atoms in total. The predicted molar refractivity (Wildman–Crippen MR) is 88.6 cm³/mol. The molecule has 0 spiro atoms. The molecule has 0 aromatic carbocycles. The Kier molecular flexibility index (Phi) is 4.99. The molecule has 2 aliphatic rings. The van der Waals surface area contributed by atoms with Gasteiger partial charge in [0.25, 0.3) is 0 Å². The molecule has 0 radical (unpaired) electrons. The molecule has 1 heterocycles. The van der Waals surface area contributed by atoms with Crippen LogP contribution in [0.4, 0.5) is 0 Å². The van der Waals surface area contributed by atoms with E-state index in [0.29, 0.717) is 6.42 Å². The highest BCUT2D eigenvalue weighted by Gasteiger charge is 2.53. The zero-order valence-corrected chi connectivity index (χ0v) is 15.6. The Labute approximate surface area is 144 Å². The smallest absolute Gasteiger partial charge is 0.309 e. The normalized spacial score (nSPS) is 31.1. The number of fused-ring (bicyclic) bond motifs is 2. The molecule has 1 saturated heterocycles. The van der Waals surface area contributed by atoms with Crippen LogP contribution in [0.3, 0.4) is 0 Å². The summed E-state index contributed by atoms with van der Waals surface area (Å²) in [5, 5.41) is 9.26. The molecule has 0 amide bonds. The summed E-state index contributed by atoms with van der Waals surface area (Å²) in [6, 6.07) is 2.19. The highest BCUT2D eigenvalue weighted by Crippen LogP contribution is 2.43. The highest BCUT2D eigenvalue weighted by molar-refractivity contribution is 5.75. The second kappa shape index (κ2) is 6.38. The van der Waals surface area contributed by atoms with E-state index in [0.717, 1.165) is 6.42 Å². The molecule has 134 valence electrons. The van der Waals surface area contributed by atoms with E-state index < -0.39 is 12.2 Å². The fourth-order valence-electron chi connectivity index (χ4n) is 3.72. The average molecular weight is 335 g/mol. The number of ether oxygens (including phenoxy) is 2. The van der Waals surface area contributed by atoms with Crippen LogP contribution in [-0.2, 0) is 19.1 Å². The first-order valence-corrected chi connectivity index (χ1v) is 8.72. The van der Waals surface area contributed by atoms with Crippen molar-refractivity contribution in [2.24, 2.45) is 28.6 Å². The minimum Gasteiger partial charge on any atom is -0.458 e. The Morgan fingerprint density at radius 2 is 1.96 bits per heavy atom. The Hall–Kier alpha value is -1.57. The van der Waals surface area contributed by atoms with Crippen molar-refractivity contribution in [1.82, 2.24) is 0 Å². The van der Waals surface area contributed by atoms with Crippen LogP contribution < -0.4 is 0 Å². The molecule has 0 N–H and O–H groups in total. The maximum Gasteiger partial charge on any atom is 0.309 e. The van der Waals surface area contributed by atoms with Gasteiger partial charge in [-0.3, -0.25) is 9.59 Å². The summed E-state index contributed by atoms with van der Waals surface area (Å²) in [7, 11) is 0. The van der Waals surface area contributed by atoms with E-state index in [1.54, 1.807) is 0 Å². The van der Waals surface area contributed by atoms with Crippen molar-refractivity contribution in [3.8, 4) is 6.07 Å². The molecular weight excluding hydrogens is 306 g/mol. The van der Waals surface area contributed by atoms with Crippen molar-refractivity contribution in [3.05, 3.63) is 0 Å². The lowest BCUT2D eigenvalue weighted by Gasteiger charge is -2.36. The third-order valence-corrected chi connectivity index (χ3v) is 5.00. The van der Waals surface area contributed by atoms with Gasteiger partial charge in [-0.05, 0) is 23.7 Å². The Balaban J connectivity index is 2.15. The van der Waals surface area contributed by atoms with Gasteiger partial charge in [-0.2, -0.15) is 5.26 Å². The molecule has 0 aromatic rings. The molecule has 2 rings (SSSR count). The van der Waals surface area contributed by atoms with E-state index in [9.17, 15) is 14.9 Å². The van der Waals surface area contributed by atoms with Gasteiger partial charge in [0.1, 0.15) is 6.10 Å². The summed E-state index contributed by atoms with van der Waals surface area (Å²) in [5.74, 6) is -1.25. The third-order valence-electron chi connectivity index (χ3n) is 5.00. The van der Waals surface area contributed by atoms with Gasteiger partial charge >= 0.3 is 11.9 Å². The van der Waals surface area contributed by atoms with Crippen LogP contribution in [0.15, 0.2) is 0 Å². The van der Waals surface area contributed by atoms with E-state index in [4.69, 9.17) is 9.47 Å². The molecule has 2 bridgehead atoms. The van der Waals surface area contributed by atoms with E-state index in [-0.39, 0.29) is 46.9 Å². The van der Waals surface area contributed by atoms with Gasteiger partial charge in [0.05, 0.1) is 24.3 Å².